The molecule has 1 aliphatic carbocycles. The summed E-state index contributed by atoms with van der Waals surface area (Å²) in [6.07, 6.45) is 5.73. The SMILES string of the molecule is CC(C)CN(C(=S)NC1CCCCC1)c1c(N)n(Cc2ccccc2)c(=O)[nH]c1=O. The number of rotatable bonds is 6. The maximum atomic E-state index is 12.8. The average Bonchev–Trinajstić information content (AvgIpc) is 2.71. The van der Waals surface area contributed by atoms with Crippen LogP contribution in [-0.4, -0.2) is 27.3 Å². The van der Waals surface area contributed by atoms with Gasteiger partial charge in [-0.05, 0) is 36.5 Å². The molecule has 0 radical (unpaired) electrons. The molecule has 1 heterocycles. The van der Waals surface area contributed by atoms with Crippen LogP contribution in [0, 0.1) is 5.92 Å². The van der Waals surface area contributed by atoms with Crippen LogP contribution in [0.4, 0.5) is 11.5 Å². The maximum Gasteiger partial charge on any atom is 0.330 e. The Labute approximate surface area is 182 Å². The lowest BCUT2D eigenvalue weighted by Crippen LogP contribution is -2.49. The summed E-state index contributed by atoms with van der Waals surface area (Å²) in [5.74, 6) is 0.366. The summed E-state index contributed by atoms with van der Waals surface area (Å²) >= 11 is 5.70. The van der Waals surface area contributed by atoms with Gasteiger partial charge >= 0.3 is 5.69 Å². The first kappa shape index (κ1) is 22.1. The lowest BCUT2D eigenvalue weighted by molar-refractivity contribution is 0.413. The Bertz CT molecular complexity index is 977. The second-order valence-electron chi connectivity index (χ2n) is 8.35. The van der Waals surface area contributed by atoms with Gasteiger partial charge < -0.3 is 16.0 Å². The van der Waals surface area contributed by atoms with Gasteiger partial charge in [-0.1, -0.05) is 63.4 Å². The van der Waals surface area contributed by atoms with E-state index in [0.29, 0.717) is 17.7 Å². The first-order valence-corrected chi connectivity index (χ1v) is 11.0. The summed E-state index contributed by atoms with van der Waals surface area (Å²) in [6.45, 7) is 4.91. The molecule has 4 N–H and O–H groups in total. The highest BCUT2D eigenvalue weighted by molar-refractivity contribution is 7.80. The number of nitrogens with zero attached hydrogens (tertiary/aromatic N) is 2. The third kappa shape index (κ3) is 5.30. The number of hydrogen-bond acceptors (Lipinski definition) is 4. The van der Waals surface area contributed by atoms with Gasteiger partial charge in [-0.3, -0.25) is 14.3 Å². The Balaban J connectivity index is 1.97. The fourth-order valence-electron chi connectivity index (χ4n) is 3.90. The van der Waals surface area contributed by atoms with Crippen molar-refractivity contribution in [2.45, 2.75) is 58.5 Å². The Hall–Kier alpha value is -2.61. The fourth-order valence-corrected chi connectivity index (χ4v) is 4.23. The predicted molar refractivity (Wildman–Crippen MR) is 126 cm³/mol. The van der Waals surface area contributed by atoms with Crippen molar-refractivity contribution in [1.82, 2.24) is 14.9 Å². The summed E-state index contributed by atoms with van der Waals surface area (Å²) in [5, 5.41) is 3.91. The zero-order valence-corrected chi connectivity index (χ0v) is 18.5. The van der Waals surface area contributed by atoms with Crippen molar-refractivity contribution >= 4 is 28.8 Å². The van der Waals surface area contributed by atoms with Crippen molar-refractivity contribution in [2.24, 2.45) is 5.92 Å². The normalized spacial score (nSPS) is 14.6. The van der Waals surface area contributed by atoms with Crippen molar-refractivity contribution in [1.29, 1.82) is 0 Å². The Morgan fingerprint density at radius 1 is 1.23 bits per heavy atom. The van der Waals surface area contributed by atoms with Gasteiger partial charge in [0.05, 0.1) is 6.54 Å². The van der Waals surface area contributed by atoms with Gasteiger partial charge in [-0.25, -0.2) is 4.79 Å². The third-order valence-electron chi connectivity index (χ3n) is 5.39. The molecule has 0 atom stereocenters. The topological polar surface area (TPSA) is 96.2 Å². The quantitative estimate of drug-likeness (QED) is 0.611. The van der Waals surface area contributed by atoms with E-state index in [4.69, 9.17) is 18.0 Å². The molecule has 1 fully saturated rings. The number of H-pyrrole nitrogens is 1. The highest BCUT2D eigenvalue weighted by Crippen LogP contribution is 2.22. The average molecular weight is 430 g/mol. The summed E-state index contributed by atoms with van der Waals surface area (Å²) < 4.78 is 1.39. The first-order valence-electron chi connectivity index (χ1n) is 10.6. The Morgan fingerprint density at radius 3 is 2.53 bits per heavy atom. The van der Waals surface area contributed by atoms with E-state index < -0.39 is 11.2 Å². The molecule has 0 bridgehead atoms. The van der Waals surface area contributed by atoms with Crippen LogP contribution in [0.2, 0.25) is 0 Å². The van der Waals surface area contributed by atoms with Crippen LogP contribution in [0.3, 0.4) is 0 Å². The van der Waals surface area contributed by atoms with Gasteiger partial charge in [-0.15, -0.1) is 0 Å². The molecule has 1 saturated carbocycles. The molecule has 162 valence electrons. The van der Waals surface area contributed by atoms with Gasteiger partial charge in [0.25, 0.3) is 5.56 Å². The zero-order valence-electron chi connectivity index (χ0n) is 17.7. The molecule has 30 heavy (non-hydrogen) atoms. The van der Waals surface area contributed by atoms with Gasteiger partial charge in [0, 0.05) is 12.6 Å². The molecule has 0 amide bonds. The fraction of sp³-hybridized carbons (Fsp3) is 0.500. The van der Waals surface area contributed by atoms with E-state index in [0.717, 1.165) is 18.4 Å². The number of nitrogen functional groups attached to an aromatic ring is 1. The molecule has 8 heteroatoms. The molecule has 0 aliphatic heterocycles. The van der Waals surface area contributed by atoms with Gasteiger partial charge in [0.2, 0.25) is 0 Å². The number of hydrogen-bond donors (Lipinski definition) is 3. The third-order valence-corrected chi connectivity index (χ3v) is 5.73. The second kappa shape index (κ2) is 9.93. The van der Waals surface area contributed by atoms with Crippen LogP contribution >= 0.6 is 12.2 Å². The Morgan fingerprint density at radius 2 is 1.90 bits per heavy atom. The molecule has 7 nitrogen and oxygen atoms in total. The van der Waals surface area contributed by atoms with Crippen molar-refractivity contribution in [3.05, 3.63) is 56.7 Å². The highest BCUT2D eigenvalue weighted by Gasteiger charge is 2.25. The van der Waals surface area contributed by atoms with Crippen LogP contribution in [0.5, 0.6) is 0 Å². The van der Waals surface area contributed by atoms with E-state index in [-0.39, 0.29) is 24.0 Å². The van der Waals surface area contributed by atoms with E-state index in [1.54, 1.807) is 4.90 Å². The Kier molecular flexibility index (Phi) is 7.31. The van der Waals surface area contributed by atoms with Gasteiger partial charge in [0.15, 0.2) is 10.8 Å². The van der Waals surface area contributed by atoms with Crippen molar-refractivity contribution in [3.63, 3.8) is 0 Å². The van der Waals surface area contributed by atoms with Gasteiger partial charge in [-0.2, -0.15) is 0 Å². The van der Waals surface area contributed by atoms with E-state index in [1.165, 1.54) is 23.8 Å². The van der Waals surface area contributed by atoms with Crippen molar-refractivity contribution < 1.29 is 0 Å². The number of aromatic amines is 1. The largest absolute Gasteiger partial charge is 0.383 e. The number of anilines is 2. The predicted octanol–water partition coefficient (Wildman–Crippen LogP) is 2.84. The monoisotopic (exact) mass is 429 g/mol. The second-order valence-corrected chi connectivity index (χ2v) is 8.74. The van der Waals surface area contributed by atoms with Gasteiger partial charge in [0.1, 0.15) is 5.82 Å². The number of nitrogens with one attached hydrogen (secondary N) is 2. The van der Waals surface area contributed by atoms with E-state index in [2.05, 4.69) is 24.1 Å². The molecule has 0 saturated heterocycles. The number of aromatic nitrogens is 2. The summed E-state index contributed by atoms with van der Waals surface area (Å²) in [7, 11) is 0. The van der Waals surface area contributed by atoms with Crippen LogP contribution in [0.1, 0.15) is 51.5 Å². The first-order chi connectivity index (χ1) is 14.4. The maximum absolute atomic E-state index is 12.8. The van der Waals surface area contributed by atoms with E-state index in [9.17, 15) is 9.59 Å². The number of thiocarbonyl (C=S) groups is 1. The van der Waals surface area contributed by atoms with Crippen molar-refractivity contribution in [2.75, 3.05) is 17.2 Å². The minimum absolute atomic E-state index is 0.126. The molecular weight excluding hydrogens is 398 g/mol. The zero-order chi connectivity index (χ0) is 21.7. The summed E-state index contributed by atoms with van der Waals surface area (Å²) in [6, 6.07) is 9.84. The molecule has 3 rings (SSSR count). The lowest BCUT2D eigenvalue weighted by atomic mass is 9.96. The molecule has 2 aromatic rings. The van der Waals surface area contributed by atoms with E-state index in [1.807, 2.05) is 30.3 Å². The minimum atomic E-state index is -0.527. The lowest BCUT2D eigenvalue weighted by Gasteiger charge is -2.32. The van der Waals surface area contributed by atoms with Crippen LogP contribution in [-0.2, 0) is 6.54 Å². The molecule has 0 spiro atoms. The molecular formula is C22H31N5O2S. The van der Waals surface area contributed by atoms with Crippen LogP contribution in [0.15, 0.2) is 39.9 Å². The van der Waals surface area contributed by atoms with Crippen LogP contribution < -0.4 is 27.2 Å². The molecule has 1 aromatic carbocycles. The number of nitrogens with two attached hydrogens (primary N) is 1. The van der Waals surface area contributed by atoms with Crippen molar-refractivity contribution in [3.8, 4) is 0 Å². The highest BCUT2D eigenvalue weighted by atomic mass is 32.1. The van der Waals surface area contributed by atoms with E-state index >= 15 is 0 Å². The summed E-state index contributed by atoms with van der Waals surface area (Å²) in [4.78, 5) is 29.5. The van der Waals surface area contributed by atoms with Crippen LogP contribution in [0.25, 0.3) is 0 Å². The summed E-state index contributed by atoms with van der Waals surface area (Å²) in [5.41, 5.74) is 6.50. The molecule has 0 unspecified atom stereocenters. The smallest absolute Gasteiger partial charge is 0.330 e. The molecule has 1 aliphatic rings. The standard InChI is InChI=1S/C22H31N5O2S/c1-15(2)13-26(22(30)24-17-11-7-4-8-12-17)18-19(23)27(21(29)25-20(18)28)14-16-9-5-3-6-10-16/h3,5-6,9-10,15,17H,4,7-8,11-14,23H2,1-2H3,(H,24,30)(H,25,28,29). The molecule has 1 aromatic heterocycles. The number of benzene rings is 1. The minimum Gasteiger partial charge on any atom is -0.383 e.